The fourth-order valence-electron chi connectivity index (χ4n) is 2.30. The van der Waals surface area contributed by atoms with Crippen molar-refractivity contribution >= 4 is 16.3 Å². The molecular weight excluding hydrogens is 373 g/mol. The molecule has 0 aliphatic heterocycles. The third kappa shape index (κ3) is 4.60. The summed E-state index contributed by atoms with van der Waals surface area (Å²) in [7, 11) is -3.78. The minimum absolute atomic E-state index is 0.0265. The number of rotatable bonds is 7. The smallest absolute Gasteiger partial charge is 0.241 e. The molecule has 2 aromatic carbocycles. The lowest BCUT2D eigenvalue weighted by Crippen LogP contribution is -2.33. The Morgan fingerprint density at radius 1 is 1.15 bits per heavy atom. The fraction of sp³-hybridized carbons (Fsp3) is 0.176. The van der Waals surface area contributed by atoms with Crippen molar-refractivity contribution in [1.29, 1.82) is 0 Å². The SMILES string of the molecule is CC(C=O)NS(=O)(=O)c1ccc(-c2nnn(Cc3ccc(F)cc3)n2)cc1. The Morgan fingerprint density at radius 2 is 1.81 bits per heavy atom. The molecule has 140 valence electrons. The van der Waals surface area contributed by atoms with Gasteiger partial charge in [-0.1, -0.05) is 12.1 Å². The first kappa shape index (κ1) is 18.8. The van der Waals surface area contributed by atoms with E-state index in [1.807, 2.05) is 0 Å². The summed E-state index contributed by atoms with van der Waals surface area (Å²) < 4.78 is 39.5. The number of nitrogens with zero attached hydrogens (tertiary/aromatic N) is 4. The molecule has 0 aliphatic carbocycles. The van der Waals surface area contributed by atoms with Crippen LogP contribution in [-0.2, 0) is 21.4 Å². The highest BCUT2D eigenvalue weighted by Gasteiger charge is 2.17. The maximum atomic E-state index is 12.9. The Morgan fingerprint density at radius 3 is 2.44 bits per heavy atom. The Labute approximate surface area is 155 Å². The lowest BCUT2D eigenvalue weighted by atomic mass is 10.2. The van der Waals surface area contributed by atoms with Crippen LogP contribution in [0.1, 0.15) is 12.5 Å². The Bertz CT molecular complexity index is 1030. The van der Waals surface area contributed by atoms with Gasteiger partial charge in [0.25, 0.3) is 0 Å². The molecule has 0 bridgehead atoms. The summed E-state index contributed by atoms with van der Waals surface area (Å²) in [6, 6.07) is 11.1. The topological polar surface area (TPSA) is 107 Å². The average Bonchev–Trinajstić information content (AvgIpc) is 3.12. The predicted molar refractivity (Wildman–Crippen MR) is 94.6 cm³/mol. The molecule has 1 aromatic heterocycles. The van der Waals surface area contributed by atoms with Gasteiger partial charge in [-0.15, -0.1) is 10.2 Å². The molecule has 0 fully saturated rings. The Balaban J connectivity index is 1.75. The van der Waals surface area contributed by atoms with Crippen molar-refractivity contribution in [3.8, 4) is 11.4 Å². The summed E-state index contributed by atoms with van der Waals surface area (Å²) in [5.74, 6) is 0.00772. The normalized spacial score (nSPS) is 12.7. The summed E-state index contributed by atoms with van der Waals surface area (Å²) in [5.41, 5.74) is 1.40. The second kappa shape index (κ2) is 7.72. The summed E-state index contributed by atoms with van der Waals surface area (Å²) in [6.07, 6.45) is 0.509. The molecule has 0 saturated heterocycles. The Hall–Kier alpha value is -2.98. The van der Waals surface area contributed by atoms with Gasteiger partial charge in [-0.25, -0.2) is 17.5 Å². The number of nitrogens with one attached hydrogen (secondary N) is 1. The summed E-state index contributed by atoms with van der Waals surface area (Å²) in [4.78, 5) is 12.0. The number of tetrazole rings is 1. The summed E-state index contributed by atoms with van der Waals surface area (Å²) in [5, 5.41) is 12.1. The second-order valence-corrected chi connectivity index (χ2v) is 7.55. The molecule has 10 heteroatoms. The first-order valence-corrected chi connectivity index (χ1v) is 9.46. The summed E-state index contributed by atoms with van der Waals surface area (Å²) >= 11 is 0. The predicted octanol–water partition coefficient (Wildman–Crippen LogP) is 1.39. The molecular formula is C17H16FN5O3S. The molecule has 0 radical (unpaired) electrons. The monoisotopic (exact) mass is 389 g/mol. The number of hydrogen-bond donors (Lipinski definition) is 1. The number of halogens is 1. The van der Waals surface area contributed by atoms with Crippen molar-refractivity contribution in [1.82, 2.24) is 24.9 Å². The lowest BCUT2D eigenvalue weighted by Gasteiger charge is -2.08. The number of hydrogen-bond acceptors (Lipinski definition) is 6. The van der Waals surface area contributed by atoms with E-state index in [2.05, 4.69) is 20.1 Å². The van der Waals surface area contributed by atoms with E-state index >= 15 is 0 Å². The molecule has 1 heterocycles. The van der Waals surface area contributed by atoms with Gasteiger partial charge >= 0.3 is 0 Å². The van der Waals surface area contributed by atoms with Crippen molar-refractivity contribution < 1.29 is 17.6 Å². The molecule has 0 saturated carbocycles. The molecule has 1 unspecified atom stereocenters. The standard InChI is InChI=1S/C17H16FN5O3S/c1-12(11-24)21-27(25,26)16-8-4-14(5-9-16)17-19-22-23(20-17)10-13-2-6-15(18)7-3-13/h2-9,11-12,21H,10H2,1H3. The zero-order valence-corrected chi connectivity index (χ0v) is 15.1. The second-order valence-electron chi connectivity index (χ2n) is 5.84. The molecule has 3 rings (SSSR count). The van der Waals surface area contributed by atoms with Crippen LogP contribution in [0.15, 0.2) is 53.4 Å². The van der Waals surface area contributed by atoms with E-state index in [0.29, 0.717) is 24.2 Å². The van der Waals surface area contributed by atoms with E-state index in [9.17, 15) is 17.6 Å². The molecule has 27 heavy (non-hydrogen) atoms. The van der Waals surface area contributed by atoms with Crippen LogP contribution in [0, 0.1) is 5.82 Å². The number of benzene rings is 2. The van der Waals surface area contributed by atoms with E-state index < -0.39 is 16.1 Å². The average molecular weight is 389 g/mol. The van der Waals surface area contributed by atoms with Crippen molar-refractivity contribution in [2.75, 3.05) is 0 Å². The van der Waals surface area contributed by atoms with Gasteiger partial charge in [0.2, 0.25) is 15.8 Å². The van der Waals surface area contributed by atoms with E-state index in [1.54, 1.807) is 24.3 Å². The van der Waals surface area contributed by atoms with Crippen molar-refractivity contribution in [3.63, 3.8) is 0 Å². The van der Waals surface area contributed by atoms with Gasteiger partial charge in [0, 0.05) is 5.56 Å². The molecule has 0 aliphatic rings. The van der Waals surface area contributed by atoms with Crippen LogP contribution in [0.3, 0.4) is 0 Å². The molecule has 0 spiro atoms. The first-order chi connectivity index (χ1) is 12.9. The minimum Gasteiger partial charge on any atom is -0.302 e. The number of sulfonamides is 1. The van der Waals surface area contributed by atoms with Gasteiger partial charge < -0.3 is 4.79 Å². The van der Waals surface area contributed by atoms with E-state index in [4.69, 9.17) is 0 Å². The third-order valence-electron chi connectivity index (χ3n) is 3.66. The van der Waals surface area contributed by atoms with Crippen molar-refractivity contribution in [2.24, 2.45) is 0 Å². The van der Waals surface area contributed by atoms with Crippen LogP contribution in [-0.4, -0.2) is 41.0 Å². The number of carbonyl (C=O) groups is 1. The Kier molecular flexibility index (Phi) is 5.38. The number of carbonyl (C=O) groups excluding carboxylic acids is 1. The van der Waals surface area contributed by atoms with Crippen LogP contribution >= 0.6 is 0 Å². The van der Waals surface area contributed by atoms with Gasteiger partial charge in [-0.2, -0.15) is 4.80 Å². The van der Waals surface area contributed by atoms with E-state index in [1.165, 1.54) is 36.0 Å². The molecule has 3 aromatic rings. The fourth-order valence-corrected chi connectivity index (χ4v) is 3.48. The largest absolute Gasteiger partial charge is 0.302 e. The van der Waals surface area contributed by atoms with Crippen LogP contribution < -0.4 is 4.72 Å². The summed E-state index contributed by atoms with van der Waals surface area (Å²) in [6.45, 7) is 1.77. The van der Waals surface area contributed by atoms with Crippen LogP contribution in [0.2, 0.25) is 0 Å². The van der Waals surface area contributed by atoms with Gasteiger partial charge in [0.05, 0.1) is 17.5 Å². The zero-order valence-electron chi connectivity index (χ0n) is 14.3. The van der Waals surface area contributed by atoms with E-state index in [-0.39, 0.29) is 10.7 Å². The molecule has 8 nitrogen and oxygen atoms in total. The van der Waals surface area contributed by atoms with Crippen LogP contribution in [0.25, 0.3) is 11.4 Å². The third-order valence-corrected chi connectivity index (χ3v) is 5.23. The number of aromatic nitrogens is 4. The van der Waals surface area contributed by atoms with Gasteiger partial charge in [0.15, 0.2) is 0 Å². The van der Waals surface area contributed by atoms with Gasteiger partial charge in [-0.3, -0.25) is 0 Å². The molecule has 0 amide bonds. The van der Waals surface area contributed by atoms with Crippen LogP contribution in [0.4, 0.5) is 4.39 Å². The first-order valence-electron chi connectivity index (χ1n) is 7.98. The van der Waals surface area contributed by atoms with Crippen molar-refractivity contribution in [3.05, 3.63) is 59.9 Å². The minimum atomic E-state index is -3.78. The quantitative estimate of drug-likeness (QED) is 0.612. The maximum Gasteiger partial charge on any atom is 0.241 e. The molecule has 1 N–H and O–H groups in total. The van der Waals surface area contributed by atoms with Gasteiger partial charge in [0.1, 0.15) is 12.1 Å². The van der Waals surface area contributed by atoms with E-state index in [0.717, 1.165) is 5.56 Å². The zero-order chi connectivity index (χ0) is 19.4. The lowest BCUT2D eigenvalue weighted by molar-refractivity contribution is -0.108. The van der Waals surface area contributed by atoms with Crippen LogP contribution in [0.5, 0.6) is 0 Å². The highest BCUT2D eigenvalue weighted by Crippen LogP contribution is 2.17. The number of aldehydes is 1. The highest BCUT2D eigenvalue weighted by molar-refractivity contribution is 7.89. The molecule has 1 atom stereocenters. The maximum absolute atomic E-state index is 12.9. The van der Waals surface area contributed by atoms with Gasteiger partial charge in [-0.05, 0) is 54.1 Å². The highest BCUT2D eigenvalue weighted by atomic mass is 32.2. The van der Waals surface area contributed by atoms with Crippen molar-refractivity contribution in [2.45, 2.75) is 24.4 Å².